The van der Waals surface area contributed by atoms with Gasteiger partial charge < -0.3 is 19.4 Å². The molecule has 0 spiro atoms. The summed E-state index contributed by atoms with van der Waals surface area (Å²) >= 11 is 0. The van der Waals surface area contributed by atoms with Crippen molar-refractivity contribution in [2.24, 2.45) is 0 Å². The second-order valence-corrected chi connectivity index (χ2v) is 5.52. The van der Waals surface area contributed by atoms with Gasteiger partial charge >= 0.3 is 12.0 Å². The summed E-state index contributed by atoms with van der Waals surface area (Å²) in [5, 5.41) is 2.76. The minimum absolute atomic E-state index is 0.166. The maximum absolute atomic E-state index is 12.6. The molecular formula is C18H18N2O4. The normalized spacial score (nSPS) is 17.7. The third kappa shape index (κ3) is 3.03. The highest BCUT2D eigenvalue weighted by Gasteiger charge is 2.36. The van der Waals surface area contributed by atoms with Crippen LogP contribution in [-0.4, -0.2) is 23.9 Å². The Labute approximate surface area is 139 Å². The Morgan fingerprint density at radius 2 is 2.00 bits per heavy atom. The van der Waals surface area contributed by atoms with Crippen molar-refractivity contribution in [3.8, 4) is 0 Å². The van der Waals surface area contributed by atoms with Gasteiger partial charge in [0, 0.05) is 12.7 Å². The fourth-order valence-electron chi connectivity index (χ4n) is 2.57. The van der Waals surface area contributed by atoms with Gasteiger partial charge in [0.1, 0.15) is 18.4 Å². The zero-order valence-corrected chi connectivity index (χ0v) is 13.5. The van der Waals surface area contributed by atoms with Crippen molar-refractivity contribution in [3.63, 3.8) is 0 Å². The molecule has 1 unspecified atom stereocenters. The van der Waals surface area contributed by atoms with E-state index in [1.807, 2.05) is 30.3 Å². The SMILES string of the molecule is CC1=C(C(=O)OCc2ccccc2)C(c2ccco2)NC(=O)N1C. The number of hydrogen-bond acceptors (Lipinski definition) is 4. The van der Waals surface area contributed by atoms with E-state index in [2.05, 4.69) is 5.32 Å². The van der Waals surface area contributed by atoms with Crippen LogP contribution in [0.15, 0.2) is 64.4 Å². The molecule has 2 aromatic rings. The van der Waals surface area contributed by atoms with E-state index in [0.717, 1.165) is 5.56 Å². The van der Waals surface area contributed by atoms with Crippen LogP contribution in [0.5, 0.6) is 0 Å². The summed E-state index contributed by atoms with van der Waals surface area (Å²) in [6, 6.07) is 11.9. The minimum atomic E-state index is -0.660. The van der Waals surface area contributed by atoms with Gasteiger partial charge in [-0.2, -0.15) is 0 Å². The maximum atomic E-state index is 12.6. The Morgan fingerprint density at radius 3 is 2.67 bits per heavy atom. The Balaban J connectivity index is 1.86. The summed E-state index contributed by atoms with van der Waals surface area (Å²) in [4.78, 5) is 26.1. The van der Waals surface area contributed by atoms with E-state index in [1.165, 1.54) is 11.2 Å². The lowest BCUT2D eigenvalue weighted by Gasteiger charge is -2.32. The van der Waals surface area contributed by atoms with Crippen LogP contribution in [0.2, 0.25) is 0 Å². The molecule has 1 N–H and O–H groups in total. The van der Waals surface area contributed by atoms with E-state index >= 15 is 0 Å². The van der Waals surface area contributed by atoms with Crippen molar-refractivity contribution in [2.45, 2.75) is 19.6 Å². The molecule has 24 heavy (non-hydrogen) atoms. The van der Waals surface area contributed by atoms with Gasteiger partial charge in [-0.05, 0) is 24.6 Å². The zero-order chi connectivity index (χ0) is 17.1. The summed E-state index contributed by atoms with van der Waals surface area (Å²) in [5.41, 5.74) is 1.80. The lowest BCUT2D eigenvalue weighted by molar-refractivity contribution is -0.141. The van der Waals surface area contributed by atoms with E-state index in [1.54, 1.807) is 26.1 Å². The van der Waals surface area contributed by atoms with Crippen LogP contribution >= 0.6 is 0 Å². The largest absolute Gasteiger partial charge is 0.467 e. The third-order valence-corrected chi connectivity index (χ3v) is 4.01. The first-order chi connectivity index (χ1) is 11.6. The van der Waals surface area contributed by atoms with Crippen molar-refractivity contribution in [3.05, 3.63) is 71.3 Å². The first-order valence-corrected chi connectivity index (χ1v) is 7.57. The molecule has 0 fully saturated rings. The number of benzene rings is 1. The van der Waals surface area contributed by atoms with Gasteiger partial charge in [-0.1, -0.05) is 30.3 Å². The molecule has 2 amide bonds. The molecule has 0 aliphatic carbocycles. The van der Waals surface area contributed by atoms with Crippen LogP contribution in [0, 0.1) is 0 Å². The molecule has 1 atom stereocenters. The molecule has 124 valence electrons. The van der Waals surface area contributed by atoms with Gasteiger partial charge in [0.05, 0.1) is 11.8 Å². The predicted molar refractivity (Wildman–Crippen MR) is 86.7 cm³/mol. The fraction of sp³-hybridized carbons (Fsp3) is 0.222. The number of urea groups is 1. The molecule has 0 radical (unpaired) electrons. The van der Waals surface area contributed by atoms with E-state index in [9.17, 15) is 9.59 Å². The highest BCUT2D eigenvalue weighted by molar-refractivity contribution is 5.94. The summed E-state index contributed by atoms with van der Waals surface area (Å²) in [7, 11) is 1.60. The zero-order valence-electron chi connectivity index (χ0n) is 13.5. The van der Waals surface area contributed by atoms with Gasteiger partial charge in [0.15, 0.2) is 0 Å². The van der Waals surface area contributed by atoms with E-state index in [-0.39, 0.29) is 12.6 Å². The molecule has 2 heterocycles. The molecule has 1 aromatic heterocycles. The molecule has 6 nitrogen and oxygen atoms in total. The van der Waals surface area contributed by atoms with Crippen molar-refractivity contribution in [1.29, 1.82) is 0 Å². The number of carbonyl (C=O) groups is 2. The first-order valence-electron chi connectivity index (χ1n) is 7.57. The fourth-order valence-corrected chi connectivity index (χ4v) is 2.57. The molecule has 1 aromatic carbocycles. The summed E-state index contributed by atoms with van der Waals surface area (Å²) in [6.45, 7) is 1.88. The summed E-state index contributed by atoms with van der Waals surface area (Å²) in [5.74, 6) is 0.00654. The third-order valence-electron chi connectivity index (χ3n) is 4.01. The smallest absolute Gasteiger partial charge is 0.338 e. The van der Waals surface area contributed by atoms with Crippen LogP contribution in [0.4, 0.5) is 4.79 Å². The minimum Gasteiger partial charge on any atom is -0.467 e. The van der Waals surface area contributed by atoms with Crippen molar-refractivity contribution < 1.29 is 18.7 Å². The standard InChI is InChI=1S/C18H18N2O4/c1-12-15(17(21)24-11-13-7-4-3-5-8-13)16(14-9-6-10-23-14)19-18(22)20(12)2/h3-10,16H,11H2,1-2H3,(H,19,22). The molecule has 0 saturated heterocycles. The summed E-state index contributed by atoms with van der Waals surface area (Å²) < 4.78 is 10.8. The molecule has 0 bridgehead atoms. The Kier molecular flexibility index (Phi) is 4.37. The van der Waals surface area contributed by atoms with Crippen LogP contribution in [0.25, 0.3) is 0 Å². The van der Waals surface area contributed by atoms with Gasteiger partial charge in [-0.15, -0.1) is 0 Å². The average Bonchev–Trinajstić information content (AvgIpc) is 3.12. The summed E-state index contributed by atoms with van der Waals surface area (Å²) in [6.07, 6.45) is 1.50. The van der Waals surface area contributed by atoms with Crippen molar-refractivity contribution >= 4 is 12.0 Å². The van der Waals surface area contributed by atoms with E-state index < -0.39 is 12.0 Å². The first kappa shape index (κ1) is 15.9. The lowest BCUT2D eigenvalue weighted by Crippen LogP contribution is -2.46. The second kappa shape index (κ2) is 6.62. The van der Waals surface area contributed by atoms with E-state index in [0.29, 0.717) is 17.0 Å². The lowest BCUT2D eigenvalue weighted by atomic mass is 10.00. The highest BCUT2D eigenvalue weighted by Crippen LogP contribution is 2.30. The number of ether oxygens (including phenoxy) is 1. The topological polar surface area (TPSA) is 71.8 Å². The number of carbonyl (C=O) groups excluding carboxylic acids is 2. The number of furan rings is 1. The number of nitrogens with one attached hydrogen (secondary N) is 1. The molecule has 3 rings (SSSR count). The van der Waals surface area contributed by atoms with Crippen LogP contribution < -0.4 is 5.32 Å². The number of amides is 2. The monoisotopic (exact) mass is 326 g/mol. The van der Waals surface area contributed by atoms with Gasteiger partial charge in [-0.3, -0.25) is 0 Å². The highest BCUT2D eigenvalue weighted by atomic mass is 16.5. The van der Waals surface area contributed by atoms with Crippen LogP contribution in [-0.2, 0) is 16.1 Å². The Bertz CT molecular complexity index is 766. The Hall–Kier alpha value is -3.02. The number of hydrogen-bond donors (Lipinski definition) is 1. The molecular weight excluding hydrogens is 308 g/mol. The van der Waals surface area contributed by atoms with Crippen molar-refractivity contribution in [2.75, 3.05) is 7.05 Å². The van der Waals surface area contributed by atoms with Crippen LogP contribution in [0.3, 0.4) is 0 Å². The molecule has 1 aliphatic rings. The number of esters is 1. The second-order valence-electron chi connectivity index (χ2n) is 5.52. The number of rotatable bonds is 4. The van der Waals surface area contributed by atoms with Crippen molar-refractivity contribution in [1.82, 2.24) is 10.2 Å². The molecule has 1 aliphatic heterocycles. The van der Waals surface area contributed by atoms with Gasteiger partial charge in [-0.25, -0.2) is 9.59 Å². The van der Waals surface area contributed by atoms with Gasteiger partial charge in [0.2, 0.25) is 0 Å². The number of nitrogens with zero attached hydrogens (tertiary/aromatic N) is 1. The van der Waals surface area contributed by atoms with E-state index in [4.69, 9.17) is 9.15 Å². The van der Waals surface area contributed by atoms with Crippen LogP contribution in [0.1, 0.15) is 24.3 Å². The average molecular weight is 326 g/mol. The Morgan fingerprint density at radius 1 is 1.25 bits per heavy atom. The quantitative estimate of drug-likeness (QED) is 0.877. The molecule has 6 heteroatoms. The molecule has 0 saturated carbocycles. The van der Waals surface area contributed by atoms with Gasteiger partial charge in [0.25, 0.3) is 0 Å². The number of allylic oxidation sites excluding steroid dienone is 1. The maximum Gasteiger partial charge on any atom is 0.338 e. The predicted octanol–water partition coefficient (Wildman–Crippen LogP) is 2.99.